The summed E-state index contributed by atoms with van der Waals surface area (Å²) >= 11 is 0. The van der Waals surface area contributed by atoms with Gasteiger partial charge in [0.25, 0.3) is 0 Å². The minimum absolute atomic E-state index is 0.0717. The van der Waals surface area contributed by atoms with Gasteiger partial charge in [-0.3, -0.25) is 4.79 Å². The van der Waals surface area contributed by atoms with Crippen LogP contribution >= 0.6 is 0 Å². The summed E-state index contributed by atoms with van der Waals surface area (Å²) in [5.41, 5.74) is 0.126. The van der Waals surface area contributed by atoms with Crippen molar-refractivity contribution in [2.75, 3.05) is 0 Å². The molecule has 1 aromatic heterocycles. The number of nitrogens with zero attached hydrogens (tertiary/aromatic N) is 1. The SMILES string of the molecule is O=C(O)[C@]1(NS(=O)(=O)c2ccc(-c3cc(CF)on3)cc2)C[C@@H]1c1ccccc1. The van der Waals surface area contributed by atoms with Crippen LogP contribution in [0.2, 0.25) is 0 Å². The fourth-order valence-corrected chi connectivity index (χ4v) is 4.76. The lowest BCUT2D eigenvalue weighted by Gasteiger charge is -2.15. The van der Waals surface area contributed by atoms with Crippen LogP contribution in [0.15, 0.2) is 70.1 Å². The summed E-state index contributed by atoms with van der Waals surface area (Å²) in [6.45, 7) is -0.788. The van der Waals surface area contributed by atoms with Gasteiger partial charge in [0.1, 0.15) is 17.9 Å². The molecule has 1 fully saturated rings. The largest absolute Gasteiger partial charge is 0.480 e. The zero-order chi connectivity index (χ0) is 20.6. The second-order valence-corrected chi connectivity index (χ2v) is 8.57. The molecule has 4 rings (SSSR count). The first-order valence-corrected chi connectivity index (χ1v) is 10.3. The molecule has 1 heterocycles. The van der Waals surface area contributed by atoms with Gasteiger partial charge < -0.3 is 9.63 Å². The molecule has 0 saturated heterocycles. The van der Waals surface area contributed by atoms with Crippen molar-refractivity contribution in [2.45, 2.75) is 29.4 Å². The van der Waals surface area contributed by atoms with E-state index in [-0.39, 0.29) is 17.1 Å². The number of aliphatic carboxylic acids is 1. The monoisotopic (exact) mass is 416 g/mol. The van der Waals surface area contributed by atoms with Gasteiger partial charge in [0, 0.05) is 17.5 Å². The molecule has 1 aliphatic rings. The third kappa shape index (κ3) is 3.54. The standard InChI is InChI=1S/C20H17FN2O5S/c21-12-15-10-18(22-28-15)14-6-8-16(9-7-14)29(26,27)23-20(19(24)25)11-17(20)13-4-2-1-3-5-13/h1-10,17,23H,11-12H2,(H,24,25)/t17-,20+/m1/s1. The summed E-state index contributed by atoms with van der Waals surface area (Å²) in [4.78, 5) is 11.8. The number of sulfonamides is 1. The fraction of sp³-hybridized carbons (Fsp3) is 0.200. The Balaban J connectivity index is 1.57. The van der Waals surface area contributed by atoms with Crippen LogP contribution in [0.1, 0.15) is 23.7 Å². The molecule has 2 N–H and O–H groups in total. The Morgan fingerprint density at radius 2 is 1.90 bits per heavy atom. The normalized spacial score (nSPS) is 21.1. The van der Waals surface area contributed by atoms with Gasteiger partial charge in [-0.2, -0.15) is 4.72 Å². The second-order valence-electron chi connectivity index (χ2n) is 6.89. The Labute approximate surface area is 166 Å². The number of hydrogen-bond acceptors (Lipinski definition) is 5. The molecule has 2 aromatic carbocycles. The summed E-state index contributed by atoms with van der Waals surface area (Å²) in [6, 6.07) is 16.1. The highest BCUT2D eigenvalue weighted by Gasteiger charge is 2.63. The van der Waals surface area contributed by atoms with Gasteiger partial charge >= 0.3 is 5.97 Å². The van der Waals surface area contributed by atoms with E-state index < -0.39 is 34.1 Å². The minimum atomic E-state index is -4.07. The molecule has 0 radical (unpaired) electrons. The van der Waals surface area contributed by atoms with Crippen LogP contribution in [0.3, 0.4) is 0 Å². The van der Waals surface area contributed by atoms with Gasteiger partial charge in [-0.1, -0.05) is 47.6 Å². The maximum absolute atomic E-state index is 12.8. The zero-order valence-corrected chi connectivity index (χ0v) is 15.9. The van der Waals surface area contributed by atoms with Gasteiger partial charge in [-0.25, -0.2) is 12.8 Å². The molecule has 0 aliphatic heterocycles. The fourth-order valence-electron chi connectivity index (χ4n) is 3.36. The highest BCUT2D eigenvalue weighted by molar-refractivity contribution is 7.89. The molecule has 1 saturated carbocycles. The molecule has 150 valence electrons. The molecule has 0 bridgehead atoms. The van der Waals surface area contributed by atoms with E-state index >= 15 is 0 Å². The summed E-state index contributed by atoms with van der Waals surface area (Å²) in [5, 5.41) is 13.4. The van der Waals surface area contributed by atoms with Crippen molar-refractivity contribution in [3.8, 4) is 11.3 Å². The molecule has 2 atom stereocenters. The number of nitrogens with one attached hydrogen (secondary N) is 1. The molecule has 0 spiro atoms. The Morgan fingerprint density at radius 3 is 2.48 bits per heavy atom. The van der Waals surface area contributed by atoms with Gasteiger partial charge in [0.05, 0.1) is 4.90 Å². The van der Waals surface area contributed by atoms with Crippen molar-refractivity contribution in [3.05, 3.63) is 72.0 Å². The first-order chi connectivity index (χ1) is 13.9. The number of hydrogen-bond donors (Lipinski definition) is 2. The van der Waals surface area contributed by atoms with Crippen LogP contribution in [-0.4, -0.2) is 30.2 Å². The van der Waals surface area contributed by atoms with Gasteiger partial charge in [0.15, 0.2) is 5.76 Å². The Kier molecular flexibility index (Phi) is 4.71. The molecule has 0 amide bonds. The molecule has 29 heavy (non-hydrogen) atoms. The molecular formula is C20H17FN2O5S. The predicted molar refractivity (Wildman–Crippen MR) is 101 cm³/mol. The number of alkyl halides is 1. The molecule has 7 nitrogen and oxygen atoms in total. The molecule has 1 aliphatic carbocycles. The smallest absolute Gasteiger partial charge is 0.325 e. The average molecular weight is 416 g/mol. The van der Waals surface area contributed by atoms with Crippen LogP contribution in [0.4, 0.5) is 4.39 Å². The summed E-state index contributed by atoms with van der Waals surface area (Å²) in [6.07, 6.45) is 0.175. The maximum Gasteiger partial charge on any atom is 0.325 e. The topological polar surface area (TPSA) is 110 Å². The van der Waals surface area contributed by atoms with E-state index in [9.17, 15) is 22.7 Å². The van der Waals surface area contributed by atoms with Gasteiger partial charge in [-0.05, 0) is 24.1 Å². The van der Waals surface area contributed by atoms with Crippen molar-refractivity contribution < 1.29 is 27.2 Å². The quantitative estimate of drug-likeness (QED) is 0.613. The number of carboxylic acid groups (broad SMARTS) is 1. The molecule has 9 heteroatoms. The van der Waals surface area contributed by atoms with Crippen molar-refractivity contribution >= 4 is 16.0 Å². The zero-order valence-electron chi connectivity index (χ0n) is 15.1. The van der Waals surface area contributed by atoms with Crippen LogP contribution in [0, 0.1) is 0 Å². The van der Waals surface area contributed by atoms with Crippen LogP contribution < -0.4 is 4.72 Å². The minimum Gasteiger partial charge on any atom is -0.480 e. The third-order valence-corrected chi connectivity index (χ3v) is 6.54. The summed E-state index contributed by atoms with van der Waals surface area (Å²) in [7, 11) is -4.07. The van der Waals surface area contributed by atoms with Crippen LogP contribution in [-0.2, 0) is 21.5 Å². The Bertz CT molecular complexity index is 1150. The van der Waals surface area contributed by atoms with Crippen LogP contribution in [0.5, 0.6) is 0 Å². The van der Waals surface area contributed by atoms with Gasteiger partial charge in [-0.15, -0.1) is 0 Å². The Morgan fingerprint density at radius 1 is 1.21 bits per heavy atom. The second kappa shape index (κ2) is 7.09. The number of aromatic nitrogens is 1. The number of carboxylic acids is 1. The number of carbonyl (C=O) groups is 1. The van der Waals surface area contributed by atoms with E-state index in [1.54, 1.807) is 24.3 Å². The number of rotatable bonds is 7. The van der Waals surface area contributed by atoms with E-state index in [4.69, 9.17) is 4.52 Å². The highest BCUT2D eigenvalue weighted by atomic mass is 32.2. The first-order valence-electron chi connectivity index (χ1n) is 8.80. The summed E-state index contributed by atoms with van der Waals surface area (Å²) in [5.74, 6) is -1.58. The van der Waals surface area contributed by atoms with Crippen molar-refractivity contribution in [1.82, 2.24) is 9.88 Å². The van der Waals surface area contributed by atoms with Gasteiger partial charge in [0.2, 0.25) is 10.0 Å². The first kappa shape index (κ1) is 19.3. The number of benzene rings is 2. The third-order valence-electron chi connectivity index (χ3n) is 5.01. The number of halogens is 1. The van der Waals surface area contributed by atoms with E-state index in [0.717, 1.165) is 5.56 Å². The lowest BCUT2D eigenvalue weighted by atomic mass is 10.1. The van der Waals surface area contributed by atoms with E-state index in [1.165, 1.54) is 30.3 Å². The lowest BCUT2D eigenvalue weighted by Crippen LogP contribution is -2.44. The van der Waals surface area contributed by atoms with Crippen molar-refractivity contribution in [3.63, 3.8) is 0 Å². The predicted octanol–water partition coefficient (Wildman–Crippen LogP) is 3.10. The lowest BCUT2D eigenvalue weighted by molar-refractivity contribution is -0.140. The maximum atomic E-state index is 12.8. The van der Waals surface area contributed by atoms with E-state index in [0.29, 0.717) is 11.3 Å². The molecule has 3 aromatic rings. The van der Waals surface area contributed by atoms with Crippen molar-refractivity contribution in [1.29, 1.82) is 0 Å². The van der Waals surface area contributed by atoms with E-state index in [2.05, 4.69) is 9.88 Å². The summed E-state index contributed by atoms with van der Waals surface area (Å²) < 4.78 is 45.4. The highest BCUT2D eigenvalue weighted by Crippen LogP contribution is 2.52. The average Bonchev–Trinajstić information content (AvgIpc) is 3.24. The molecule has 0 unspecified atom stereocenters. The Hall–Kier alpha value is -3.04. The van der Waals surface area contributed by atoms with Crippen molar-refractivity contribution in [2.24, 2.45) is 0 Å². The van der Waals surface area contributed by atoms with Crippen LogP contribution in [0.25, 0.3) is 11.3 Å². The molecular weight excluding hydrogens is 399 g/mol. The van der Waals surface area contributed by atoms with E-state index in [1.807, 2.05) is 6.07 Å².